The number of hydrogen-bond donors (Lipinski definition) is 3. The van der Waals surface area contributed by atoms with E-state index in [1.54, 1.807) is 12.1 Å². The van der Waals surface area contributed by atoms with Crippen LogP contribution in [0.1, 0.15) is 0 Å². The molecule has 0 spiro atoms. The molecule has 140 valence electrons. The lowest BCUT2D eigenvalue weighted by molar-refractivity contribution is 0.601. The molecule has 5 nitrogen and oxygen atoms in total. The number of nitrogens with two attached hydrogens (primary N) is 1. The number of sulfonamides is 1. The van der Waals surface area contributed by atoms with Gasteiger partial charge in [-0.1, -0.05) is 60.7 Å². The van der Waals surface area contributed by atoms with Gasteiger partial charge in [0.15, 0.2) is 0 Å². The summed E-state index contributed by atoms with van der Waals surface area (Å²) in [6.07, 6.45) is 0. The van der Waals surface area contributed by atoms with Crippen LogP contribution in [0.5, 0.6) is 0 Å². The van der Waals surface area contributed by atoms with Gasteiger partial charge in [0.25, 0.3) is 10.0 Å². The van der Waals surface area contributed by atoms with Gasteiger partial charge >= 0.3 is 0 Å². The van der Waals surface area contributed by atoms with Gasteiger partial charge in [0.2, 0.25) is 0 Å². The summed E-state index contributed by atoms with van der Waals surface area (Å²) in [4.78, 5) is 3.51. The highest BCUT2D eigenvalue weighted by atomic mass is 32.2. The second-order valence-electron chi connectivity index (χ2n) is 6.38. The Morgan fingerprint density at radius 3 is 1.93 bits per heavy atom. The number of nitrogens with one attached hydrogen (secondary N) is 2. The quantitative estimate of drug-likeness (QED) is 0.431. The third kappa shape index (κ3) is 3.63. The molecule has 28 heavy (non-hydrogen) atoms. The predicted octanol–water partition coefficient (Wildman–Crippen LogP) is 4.73. The predicted molar refractivity (Wildman–Crippen MR) is 113 cm³/mol. The first-order valence-corrected chi connectivity index (χ1v) is 10.2. The Morgan fingerprint density at radius 2 is 1.32 bits per heavy atom. The van der Waals surface area contributed by atoms with E-state index in [0.29, 0.717) is 17.1 Å². The lowest BCUT2D eigenvalue weighted by atomic mass is 10.1. The summed E-state index contributed by atoms with van der Waals surface area (Å²) in [7, 11) is -3.75. The van der Waals surface area contributed by atoms with Crippen molar-refractivity contribution in [2.45, 2.75) is 4.90 Å². The first kappa shape index (κ1) is 17.9. The van der Waals surface area contributed by atoms with E-state index in [1.165, 1.54) is 12.1 Å². The van der Waals surface area contributed by atoms with Crippen LogP contribution in [0.4, 0.5) is 11.4 Å². The van der Waals surface area contributed by atoms with Crippen molar-refractivity contribution in [3.63, 3.8) is 0 Å². The van der Waals surface area contributed by atoms with Crippen LogP contribution in [-0.2, 0) is 10.0 Å². The molecule has 1 aromatic heterocycles. The number of benzene rings is 3. The van der Waals surface area contributed by atoms with Crippen LogP contribution >= 0.6 is 0 Å². The van der Waals surface area contributed by atoms with E-state index in [9.17, 15) is 8.42 Å². The summed E-state index contributed by atoms with van der Waals surface area (Å²) < 4.78 is 28.5. The van der Waals surface area contributed by atoms with Crippen molar-refractivity contribution in [2.75, 3.05) is 10.5 Å². The summed E-state index contributed by atoms with van der Waals surface area (Å²) in [6.45, 7) is 0. The van der Waals surface area contributed by atoms with Gasteiger partial charge in [-0.15, -0.1) is 0 Å². The van der Waals surface area contributed by atoms with E-state index in [0.717, 1.165) is 16.8 Å². The minimum atomic E-state index is -3.75. The van der Waals surface area contributed by atoms with E-state index >= 15 is 0 Å². The molecular weight excluding hydrogens is 370 g/mol. The molecule has 0 bridgehead atoms. The zero-order chi connectivity index (χ0) is 19.6. The van der Waals surface area contributed by atoms with Gasteiger partial charge in [0, 0.05) is 16.9 Å². The Kier molecular flexibility index (Phi) is 4.63. The van der Waals surface area contributed by atoms with E-state index in [2.05, 4.69) is 9.71 Å². The molecule has 0 aliphatic heterocycles. The van der Waals surface area contributed by atoms with Gasteiger partial charge < -0.3 is 10.7 Å². The molecule has 0 aliphatic rings. The molecule has 1 heterocycles. The van der Waals surface area contributed by atoms with Crippen LogP contribution in [0.15, 0.2) is 95.9 Å². The second-order valence-corrected chi connectivity index (χ2v) is 8.06. The summed E-state index contributed by atoms with van der Waals surface area (Å²) in [5.41, 5.74) is 10.1. The Balaban J connectivity index is 1.79. The number of rotatable bonds is 5. The number of H-pyrrole nitrogens is 1. The molecule has 6 heteroatoms. The minimum absolute atomic E-state index is 0.156. The Bertz CT molecular complexity index is 1180. The van der Waals surface area contributed by atoms with Crippen LogP contribution in [0.25, 0.3) is 22.5 Å². The van der Waals surface area contributed by atoms with E-state index < -0.39 is 10.0 Å². The Labute approximate surface area is 163 Å². The number of aromatic amines is 1. The van der Waals surface area contributed by atoms with Gasteiger partial charge in [-0.3, -0.25) is 4.72 Å². The highest BCUT2D eigenvalue weighted by Crippen LogP contribution is 2.34. The number of aromatic nitrogens is 1. The maximum atomic E-state index is 12.9. The van der Waals surface area contributed by atoms with Gasteiger partial charge in [0.1, 0.15) is 0 Å². The largest absolute Gasteiger partial charge is 0.399 e. The highest BCUT2D eigenvalue weighted by Gasteiger charge is 2.19. The van der Waals surface area contributed by atoms with E-state index in [1.807, 2.05) is 66.7 Å². The molecule has 3 aromatic carbocycles. The zero-order valence-corrected chi connectivity index (χ0v) is 15.8. The van der Waals surface area contributed by atoms with E-state index in [4.69, 9.17) is 5.73 Å². The van der Waals surface area contributed by atoms with Crippen LogP contribution in [0.3, 0.4) is 0 Å². The van der Waals surface area contributed by atoms with Gasteiger partial charge in [-0.05, 0) is 35.9 Å². The minimum Gasteiger partial charge on any atom is -0.399 e. The SMILES string of the molecule is Nc1ccc(S(=O)(=O)Nc2cc(-c3ccccc3)[nH]c2-c2ccccc2)cc1. The topological polar surface area (TPSA) is 88.0 Å². The molecule has 0 saturated carbocycles. The molecule has 4 rings (SSSR count). The molecule has 4 aromatic rings. The average Bonchev–Trinajstić information content (AvgIpc) is 3.13. The zero-order valence-electron chi connectivity index (χ0n) is 15.0. The maximum Gasteiger partial charge on any atom is 0.261 e. The van der Waals surface area contributed by atoms with Gasteiger partial charge in [-0.2, -0.15) is 0 Å². The third-order valence-electron chi connectivity index (χ3n) is 4.40. The lowest BCUT2D eigenvalue weighted by Gasteiger charge is -2.09. The fourth-order valence-corrected chi connectivity index (χ4v) is 4.05. The van der Waals surface area contributed by atoms with Crippen molar-refractivity contribution in [1.29, 1.82) is 0 Å². The van der Waals surface area contributed by atoms with Crippen LogP contribution in [-0.4, -0.2) is 13.4 Å². The third-order valence-corrected chi connectivity index (χ3v) is 5.78. The highest BCUT2D eigenvalue weighted by molar-refractivity contribution is 7.92. The summed E-state index contributed by atoms with van der Waals surface area (Å²) in [5, 5.41) is 0. The lowest BCUT2D eigenvalue weighted by Crippen LogP contribution is -2.13. The molecule has 0 aliphatic carbocycles. The monoisotopic (exact) mass is 389 g/mol. The van der Waals surface area contributed by atoms with Gasteiger partial charge in [-0.25, -0.2) is 8.42 Å². The molecule has 0 radical (unpaired) electrons. The van der Waals surface area contributed by atoms with Gasteiger partial charge in [0.05, 0.1) is 16.3 Å². The second kappa shape index (κ2) is 7.25. The maximum absolute atomic E-state index is 12.9. The number of hydrogen-bond acceptors (Lipinski definition) is 3. The molecular formula is C22H19N3O2S. The summed E-state index contributed by atoms with van der Waals surface area (Å²) in [6, 6.07) is 27.3. The van der Waals surface area contributed by atoms with Crippen LogP contribution in [0, 0.1) is 0 Å². The molecule has 0 saturated heterocycles. The van der Waals surface area contributed by atoms with Crippen LogP contribution < -0.4 is 10.5 Å². The average molecular weight is 389 g/mol. The smallest absolute Gasteiger partial charge is 0.261 e. The van der Waals surface area contributed by atoms with Crippen molar-refractivity contribution in [3.05, 3.63) is 91.0 Å². The summed E-state index contributed by atoms with van der Waals surface area (Å²) >= 11 is 0. The number of anilines is 2. The number of nitrogen functional groups attached to an aromatic ring is 1. The van der Waals surface area contributed by atoms with Crippen molar-refractivity contribution in [3.8, 4) is 22.5 Å². The normalized spacial score (nSPS) is 11.3. The summed E-state index contributed by atoms with van der Waals surface area (Å²) in [5.74, 6) is 0. The first-order chi connectivity index (χ1) is 13.5. The molecule has 0 atom stereocenters. The van der Waals surface area contributed by atoms with Crippen molar-refractivity contribution in [1.82, 2.24) is 4.98 Å². The van der Waals surface area contributed by atoms with Crippen molar-refractivity contribution < 1.29 is 8.42 Å². The van der Waals surface area contributed by atoms with Crippen LogP contribution in [0.2, 0.25) is 0 Å². The first-order valence-electron chi connectivity index (χ1n) is 8.75. The molecule has 0 unspecified atom stereocenters. The van der Waals surface area contributed by atoms with Crippen molar-refractivity contribution >= 4 is 21.4 Å². The Morgan fingerprint density at radius 1 is 0.750 bits per heavy atom. The van der Waals surface area contributed by atoms with Crippen molar-refractivity contribution in [2.24, 2.45) is 0 Å². The molecule has 0 fully saturated rings. The molecule has 0 amide bonds. The molecule has 4 N–H and O–H groups in total. The fourth-order valence-electron chi connectivity index (χ4n) is 2.99. The Hall–Kier alpha value is -3.51. The standard InChI is InChI=1S/C22H19N3O2S/c23-18-11-13-19(14-12-18)28(26,27)25-21-15-20(16-7-3-1-4-8-16)24-22(21)17-9-5-2-6-10-17/h1-15,24-25H,23H2. The van der Waals surface area contributed by atoms with E-state index in [-0.39, 0.29) is 4.90 Å². The fraction of sp³-hybridized carbons (Fsp3) is 0.